The van der Waals surface area contributed by atoms with Gasteiger partial charge < -0.3 is 4.74 Å². The first kappa shape index (κ1) is 21.6. The summed E-state index contributed by atoms with van der Waals surface area (Å²) in [5.74, 6) is -4.51. The zero-order valence-electron chi connectivity index (χ0n) is 16.7. The van der Waals surface area contributed by atoms with Crippen molar-refractivity contribution in [1.82, 2.24) is 0 Å². The van der Waals surface area contributed by atoms with E-state index in [0.717, 1.165) is 0 Å². The van der Waals surface area contributed by atoms with Crippen LogP contribution >= 0.6 is 0 Å². The first-order chi connectivity index (χ1) is 14.0. The molecule has 1 aliphatic rings. The van der Waals surface area contributed by atoms with E-state index in [1.165, 1.54) is 55.8 Å². The number of unbranched alkanes of at least 4 members (excludes halogenated alkanes) is 2. The lowest BCUT2D eigenvalue weighted by Gasteiger charge is -2.28. The Balaban J connectivity index is 1.55. The SMILES string of the molecule is CCCCC[SiH]1CCC(c2ccc(OC(=O)c3cc(F)c(F)c(F)c3)cc2)CC1. The maximum Gasteiger partial charge on any atom is 0.343 e. The number of hydrogen-bond donors (Lipinski definition) is 0. The first-order valence-corrected chi connectivity index (χ1v) is 12.9. The molecule has 1 aliphatic heterocycles. The predicted molar refractivity (Wildman–Crippen MR) is 111 cm³/mol. The van der Waals surface area contributed by atoms with Crippen LogP contribution in [0, 0.1) is 17.5 Å². The third-order valence-electron chi connectivity index (χ3n) is 5.84. The van der Waals surface area contributed by atoms with Crippen LogP contribution in [0.5, 0.6) is 5.75 Å². The highest BCUT2D eigenvalue weighted by atomic mass is 28.3. The fourth-order valence-electron chi connectivity index (χ4n) is 4.11. The molecular weight excluding hydrogens is 393 g/mol. The van der Waals surface area contributed by atoms with Crippen LogP contribution in [0.3, 0.4) is 0 Å². The van der Waals surface area contributed by atoms with E-state index in [9.17, 15) is 18.0 Å². The van der Waals surface area contributed by atoms with Crippen molar-refractivity contribution >= 4 is 14.8 Å². The van der Waals surface area contributed by atoms with Crippen molar-refractivity contribution in [2.45, 2.75) is 63.1 Å². The number of benzene rings is 2. The summed E-state index contributed by atoms with van der Waals surface area (Å²) in [6.07, 6.45) is 6.49. The van der Waals surface area contributed by atoms with Crippen molar-refractivity contribution < 1.29 is 22.7 Å². The molecule has 0 amide bonds. The predicted octanol–water partition coefficient (Wildman–Crippen LogP) is 6.62. The van der Waals surface area contributed by atoms with Crippen molar-refractivity contribution in [3.05, 3.63) is 65.0 Å². The lowest BCUT2D eigenvalue weighted by Crippen LogP contribution is -2.20. The molecule has 0 unspecified atom stereocenters. The van der Waals surface area contributed by atoms with Gasteiger partial charge in [-0.15, -0.1) is 0 Å². The van der Waals surface area contributed by atoms with Crippen LogP contribution in [0.1, 0.15) is 60.9 Å². The van der Waals surface area contributed by atoms with E-state index >= 15 is 0 Å². The van der Waals surface area contributed by atoms with Gasteiger partial charge in [0, 0.05) is 8.80 Å². The highest BCUT2D eigenvalue weighted by Crippen LogP contribution is 2.35. The van der Waals surface area contributed by atoms with Crippen LogP contribution < -0.4 is 4.74 Å². The van der Waals surface area contributed by atoms with Crippen LogP contribution in [0.2, 0.25) is 18.1 Å². The molecule has 0 N–H and O–H groups in total. The van der Waals surface area contributed by atoms with Gasteiger partial charge in [-0.05, 0) is 48.6 Å². The van der Waals surface area contributed by atoms with Gasteiger partial charge in [-0.2, -0.15) is 0 Å². The van der Waals surface area contributed by atoms with Gasteiger partial charge in [0.2, 0.25) is 0 Å². The van der Waals surface area contributed by atoms with Crippen molar-refractivity contribution in [2.75, 3.05) is 0 Å². The summed E-state index contributed by atoms with van der Waals surface area (Å²) >= 11 is 0. The second kappa shape index (κ2) is 10.1. The number of esters is 1. The number of rotatable bonds is 7. The molecule has 3 rings (SSSR count). The lowest BCUT2D eigenvalue weighted by atomic mass is 9.93. The molecule has 1 fully saturated rings. The van der Waals surface area contributed by atoms with E-state index < -0.39 is 32.2 Å². The highest BCUT2D eigenvalue weighted by Gasteiger charge is 2.23. The van der Waals surface area contributed by atoms with E-state index in [1.54, 1.807) is 12.1 Å². The van der Waals surface area contributed by atoms with Gasteiger partial charge in [0.1, 0.15) is 5.75 Å². The van der Waals surface area contributed by atoms with Gasteiger partial charge in [-0.1, -0.05) is 56.5 Å². The summed E-state index contributed by atoms with van der Waals surface area (Å²) in [5, 5.41) is 0. The smallest absolute Gasteiger partial charge is 0.343 e. The van der Waals surface area contributed by atoms with Gasteiger partial charge in [-0.25, -0.2) is 18.0 Å². The average molecular weight is 421 g/mol. The van der Waals surface area contributed by atoms with Gasteiger partial charge in [-0.3, -0.25) is 0 Å². The second-order valence-corrected chi connectivity index (χ2v) is 11.4. The molecule has 0 saturated carbocycles. The standard InChI is InChI=1S/C23H27F3O2Si/c1-2-3-4-11-29-12-9-17(10-13-29)16-5-7-19(8-6-16)28-23(27)18-14-20(24)22(26)21(25)15-18/h5-8,14-15,17,29H,2-4,9-13H2,1H3. The van der Waals surface area contributed by atoms with Crippen molar-refractivity contribution in [2.24, 2.45) is 0 Å². The van der Waals surface area contributed by atoms with E-state index in [-0.39, 0.29) is 5.56 Å². The van der Waals surface area contributed by atoms with E-state index in [4.69, 9.17) is 4.74 Å². The molecular formula is C23H27F3O2Si. The highest BCUT2D eigenvalue weighted by molar-refractivity contribution is 6.59. The molecule has 2 nitrogen and oxygen atoms in total. The van der Waals surface area contributed by atoms with E-state index in [0.29, 0.717) is 23.8 Å². The van der Waals surface area contributed by atoms with Crippen LogP contribution in [0.15, 0.2) is 36.4 Å². The second-order valence-electron chi connectivity index (χ2n) is 7.93. The van der Waals surface area contributed by atoms with E-state index in [2.05, 4.69) is 6.92 Å². The summed E-state index contributed by atoms with van der Waals surface area (Å²) < 4.78 is 44.8. The molecule has 0 bridgehead atoms. The summed E-state index contributed by atoms with van der Waals surface area (Å²) in [6, 6.07) is 12.9. The Labute approximate surface area is 171 Å². The summed E-state index contributed by atoms with van der Waals surface area (Å²) in [7, 11) is -0.554. The molecule has 2 aromatic carbocycles. The monoisotopic (exact) mass is 420 g/mol. The minimum absolute atomic E-state index is 0.298. The van der Waals surface area contributed by atoms with Gasteiger partial charge in [0.05, 0.1) is 5.56 Å². The third-order valence-corrected chi connectivity index (χ3v) is 9.37. The molecule has 6 heteroatoms. The molecule has 2 aromatic rings. The third kappa shape index (κ3) is 5.72. The summed E-state index contributed by atoms with van der Waals surface area (Å²) in [4.78, 5) is 12.1. The van der Waals surface area contributed by atoms with E-state index in [1.807, 2.05) is 12.1 Å². The Morgan fingerprint density at radius 1 is 1.03 bits per heavy atom. The van der Waals surface area contributed by atoms with Crippen LogP contribution in [0.25, 0.3) is 0 Å². The van der Waals surface area contributed by atoms with Crippen molar-refractivity contribution in [3.8, 4) is 5.75 Å². The summed E-state index contributed by atoms with van der Waals surface area (Å²) in [5.41, 5.74) is 0.876. The average Bonchev–Trinajstić information content (AvgIpc) is 2.73. The fourth-order valence-corrected chi connectivity index (χ4v) is 7.59. The number of halogens is 3. The molecule has 156 valence electrons. The number of hydrogen-bond acceptors (Lipinski definition) is 2. The molecule has 0 atom stereocenters. The Kier molecular flexibility index (Phi) is 7.53. The van der Waals surface area contributed by atoms with Crippen molar-refractivity contribution in [3.63, 3.8) is 0 Å². The molecule has 1 saturated heterocycles. The molecule has 0 spiro atoms. The lowest BCUT2D eigenvalue weighted by molar-refractivity contribution is 0.0733. The molecule has 1 heterocycles. The number of carbonyl (C=O) groups is 1. The zero-order chi connectivity index (χ0) is 20.8. The van der Waals surface area contributed by atoms with Gasteiger partial charge >= 0.3 is 5.97 Å². The largest absolute Gasteiger partial charge is 0.423 e. The van der Waals surface area contributed by atoms with Crippen LogP contribution in [-0.2, 0) is 0 Å². The maximum atomic E-state index is 13.3. The molecule has 0 aromatic heterocycles. The maximum absolute atomic E-state index is 13.3. The zero-order valence-corrected chi connectivity index (χ0v) is 17.9. The normalized spacial score (nSPS) is 19.2. The quantitative estimate of drug-likeness (QED) is 0.165. The number of ether oxygens (including phenoxy) is 1. The van der Waals surface area contributed by atoms with Gasteiger partial charge in [0.15, 0.2) is 17.5 Å². The summed E-state index contributed by atoms with van der Waals surface area (Å²) in [6.45, 7) is 2.25. The van der Waals surface area contributed by atoms with Crippen molar-refractivity contribution in [1.29, 1.82) is 0 Å². The molecule has 29 heavy (non-hydrogen) atoms. The van der Waals surface area contributed by atoms with Crippen LogP contribution in [0.4, 0.5) is 13.2 Å². The number of carbonyl (C=O) groups excluding carboxylic acids is 1. The Bertz CT molecular complexity index is 808. The van der Waals surface area contributed by atoms with Gasteiger partial charge in [0.25, 0.3) is 0 Å². The topological polar surface area (TPSA) is 26.3 Å². The molecule has 0 aliphatic carbocycles. The first-order valence-electron chi connectivity index (χ1n) is 10.4. The molecule has 0 radical (unpaired) electrons. The minimum atomic E-state index is -1.60. The Hall–Kier alpha value is -2.08. The Morgan fingerprint density at radius 2 is 1.66 bits per heavy atom. The fraction of sp³-hybridized carbons (Fsp3) is 0.435. The van der Waals surface area contributed by atoms with Crippen LogP contribution in [-0.4, -0.2) is 14.8 Å². The Morgan fingerprint density at radius 3 is 2.24 bits per heavy atom. The minimum Gasteiger partial charge on any atom is -0.423 e.